The Morgan fingerprint density at radius 3 is 3.16 bits per heavy atom. The summed E-state index contributed by atoms with van der Waals surface area (Å²) in [6.45, 7) is 5.99. The van der Waals surface area contributed by atoms with Gasteiger partial charge in [-0.1, -0.05) is 6.92 Å². The zero-order chi connectivity index (χ0) is 13.5. The topological polar surface area (TPSA) is 60.2 Å². The number of aromatic nitrogens is 3. The van der Waals surface area contributed by atoms with E-state index in [1.165, 1.54) is 6.33 Å². The molecule has 1 aromatic rings. The van der Waals surface area contributed by atoms with Crippen molar-refractivity contribution < 1.29 is 9.53 Å². The van der Waals surface area contributed by atoms with Crippen LogP contribution in [0.4, 0.5) is 0 Å². The number of ether oxygens (including phenoxy) is 1. The average Bonchev–Trinajstić information content (AvgIpc) is 3.07. The number of hydrogen-bond acceptors (Lipinski definition) is 4. The first-order valence-corrected chi connectivity index (χ1v) is 6.97. The fourth-order valence-corrected chi connectivity index (χ4v) is 2.31. The van der Waals surface area contributed by atoms with Gasteiger partial charge in [-0.2, -0.15) is 5.10 Å². The van der Waals surface area contributed by atoms with E-state index >= 15 is 0 Å². The Morgan fingerprint density at radius 1 is 1.53 bits per heavy atom. The number of likely N-dealkylation sites (tertiary alicyclic amines) is 1. The molecule has 0 aliphatic carbocycles. The van der Waals surface area contributed by atoms with Crippen molar-refractivity contribution in [1.29, 1.82) is 0 Å². The van der Waals surface area contributed by atoms with Crippen LogP contribution in [-0.4, -0.2) is 51.9 Å². The van der Waals surface area contributed by atoms with Crippen molar-refractivity contribution in [3.05, 3.63) is 12.7 Å². The summed E-state index contributed by atoms with van der Waals surface area (Å²) in [4.78, 5) is 17.8. The highest BCUT2D eigenvalue weighted by Crippen LogP contribution is 2.17. The lowest BCUT2D eigenvalue weighted by molar-refractivity contribution is -0.130. The molecule has 19 heavy (non-hydrogen) atoms. The van der Waals surface area contributed by atoms with E-state index in [9.17, 15) is 4.79 Å². The van der Waals surface area contributed by atoms with Gasteiger partial charge in [0.2, 0.25) is 5.91 Å². The van der Waals surface area contributed by atoms with Gasteiger partial charge < -0.3 is 9.64 Å². The predicted octanol–water partition coefficient (Wildman–Crippen LogP) is 0.943. The van der Waals surface area contributed by atoms with E-state index in [-0.39, 0.29) is 5.91 Å². The maximum Gasteiger partial charge on any atom is 0.224 e. The van der Waals surface area contributed by atoms with Gasteiger partial charge in [0, 0.05) is 32.0 Å². The summed E-state index contributed by atoms with van der Waals surface area (Å²) >= 11 is 0. The lowest BCUT2D eigenvalue weighted by Gasteiger charge is -2.16. The van der Waals surface area contributed by atoms with Gasteiger partial charge in [-0.15, -0.1) is 0 Å². The molecule has 6 heteroatoms. The van der Waals surface area contributed by atoms with Gasteiger partial charge in [0.15, 0.2) is 0 Å². The molecule has 1 aliphatic heterocycles. The molecule has 106 valence electrons. The van der Waals surface area contributed by atoms with E-state index in [1.54, 1.807) is 11.0 Å². The molecule has 0 spiro atoms. The molecule has 0 radical (unpaired) electrons. The normalized spacial score (nSPS) is 19.0. The van der Waals surface area contributed by atoms with Crippen molar-refractivity contribution in [1.82, 2.24) is 19.7 Å². The molecule has 0 bridgehead atoms. The highest BCUT2D eigenvalue weighted by atomic mass is 16.5. The third-order valence-electron chi connectivity index (χ3n) is 3.36. The Labute approximate surface area is 113 Å². The molecule has 2 heterocycles. The highest BCUT2D eigenvalue weighted by molar-refractivity contribution is 5.76. The summed E-state index contributed by atoms with van der Waals surface area (Å²) in [5, 5.41) is 3.99. The van der Waals surface area contributed by atoms with Crippen LogP contribution in [0.15, 0.2) is 12.7 Å². The van der Waals surface area contributed by atoms with Crippen molar-refractivity contribution >= 4 is 5.91 Å². The summed E-state index contributed by atoms with van der Waals surface area (Å²) in [5.41, 5.74) is 0. The summed E-state index contributed by atoms with van der Waals surface area (Å²) in [5.74, 6) is 0.704. The number of carbonyl (C=O) groups excluding carboxylic acids is 1. The average molecular weight is 266 g/mol. The smallest absolute Gasteiger partial charge is 0.224 e. The fraction of sp³-hybridized carbons (Fsp3) is 0.769. The van der Waals surface area contributed by atoms with Gasteiger partial charge in [0.05, 0.1) is 13.2 Å². The third kappa shape index (κ3) is 4.31. The van der Waals surface area contributed by atoms with E-state index in [4.69, 9.17) is 4.74 Å². The van der Waals surface area contributed by atoms with Crippen molar-refractivity contribution in [3.8, 4) is 0 Å². The van der Waals surface area contributed by atoms with Crippen molar-refractivity contribution in [2.75, 3.05) is 26.3 Å². The van der Waals surface area contributed by atoms with Crippen LogP contribution in [-0.2, 0) is 16.1 Å². The molecule has 0 aromatic carbocycles. The van der Waals surface area contributed by atoms with Crippen LogP contribution in [0, 0.1) is 5.92 Å². The molecular formula is C13H22N4O2. The van der Waals surface area contributed by atoms with Gasteiger partial charge in [0.25, 0.3) is 0 Å². The Morgan fingerprint density at radius 2 is 2.42 bits per heavy atom. The number of hydrogen-bond donors (Lipinski definition) is 0. The Kier molecular flexibility index (Phi) is 5.32. The lowest BCUT2D eigenvalue weighted by Crippen LogP contribution is -2.30. The third-order valence-corrected chi connectivity index (χ3v) is 3.36. The maximum atomic E-state index is 12.0. The Hall–Kier alpha value is -1.43. The number of aryl methyl sites for hydroxylation is 1. The first kappa shape index (κ1) is 14.0. The maximum absolute atomic E-state index is 12.0. The van der Waals surface area contributed by atoms with Crippen molar-refractivity contribution in [3.63, 3.8) is 0 Å². The minimum Gasteiger partial charge on any atom is -0.381 e. The zero-order valence-corrected chi connectivity index (χ0v) is 11.5. The molecule has 1 fully saturated rings. The lowest BCUT2D eigenvalue weighted by atomic mass is 10.1. The molecule has 1 aliphatic rings. The molecule has 0 unspecified atom stereocenters. The van der Waals surface area contributed by atoms with Gasteiger partial charge in [-0.05, 0) is 12.8 Å². The molecule has 0 N–H and O–H groups in total. The molecule has 6 nitrogen and oxygen atoms in total. The van der Waals surface area contributed by atoms with E-state index in [1.807, 2.05) is 4.90 Å². The van der Waals surface area contributed by atoms with Gasteiger partial charge in [0.1, 0.15) is 12.7 Å². The van der Waals surface area contributed by atoms with Crippen molar-refractivity contribution in [2.45, 2.75) is 32.7 Å². The Bertz CT molecular complexity index is 380. The monoisotopic (exact) mass is 266 g/mol. The van der Waals surface area contributed by atoms with Crippen molar-refractivity contribution in [2.24, 2.45) is 5.92 Å². The zero-order valence-electron chi connectivity index (χ0n) is 11.5. The molecule has 1 saturated heterocycles. The molecule has 2 rings (SSSR count). The van der Waals surface area contributed by atoms with Crippen LogP contribution in [0.25, 0.3) is 0 Å². The standard InChI is InChI=1S/C13H22N4O2/c1-2-7-19-9-12-3-5-16(8-12)13(18)4-6-17-11-14-10-15-17/h10-12H,2-9H2,1H3/t12-/m0/s1. The minimum absolute atomic E-state index is 0.202. The molecule has 1 aromatic heterocycles. The van der Waals surface area contributed by atoms with E-state index in [0.29, 0.717) is 18.9 Å². The van der Waals surface area contributed by atoms with Crippen LogP contribution < -0.4 is 0 Å². The fourth-order valence-electron chi connectivity index (χ4n) is 2.31. The van der Waals surface area contributed by atoms with E-state index in [2.05, 4.69) is 17.0 Å². The largest absolute Gasteiger partial charge is 0.381 e. The first-order chi connectivity index (χ1) is 9.29. The van der Waals surface area contributed by atoms with Gasteiger partial charge in [-0.3, -0.25) is 9.48 Å². The molecule has 1 atom stereocenters. The summed E-state index contributed by atoms with van der Waals surface area (Å²) in [6, 6.07) is 0. The predicted molar refractivity (Wildman–Crippen MR) is 70.4 cm³/mol. The van der Waals surface area contributed by atoms with Crippen LogP contribution in [0.1, 0.15) is 26.2 Å². The molecule has 0 saturated carbocycles. The second kappa shape index (κ2) is 7.23. The SMILES string of the molecule is CCCOC[C@H]1CCN(C(=O)CCn2cncn2)C1. The minimum atomic E-state index is 0.202. The number of nitrogens with zero attached hydrogens (tertiary/aromatic N) is 4. The Balaban J connectivity index is 1.66. The van der Waals surface area contributed by atoms with E-state index in [0.717, 1.165) is 39.1 Å². The molecular weight excluding hydrogens is 244 g/mol. The summed E-state index contributed by atoms with van der Waals surface area (Å²) < 4.78 is 7.24. The van der Waals surface area contributed by atoms with Gasteiger partial charge >= 0.3 is 0 Å². The second-order valence-corrected chi connectivity index (χ2v) is 4.98. The van der Waals surface area contributed by atoms with Gasteiger partial charge in [-0.25, -0.2) is 4.98 Å². The molecule has 1 amide bonds. The quantitative estimate of drug-likeness (QED) is 0.689. The van der Waals surface area contributed by atoms with Crippen LogP contribution in [0.5, 0.6) is 0 Å². The van der Waals surface area contributed by atoms with Crippen LogP contribution in [0.2, 0.25) is 0 Å². The van der Waals surface area contributed by atoms with E-state index < -0.39 is 0 Å². The second-order valence-electron chi connectivity index (χ2n) is 4.98. The van der Waals surface area contributed by atoms with Crippen LogP contribution >= 0.6 is 0 Å². The number of amides is 1. The van der Waals surface area contributed by atoms with Crippen LogP contribution in [0.3, 0.4) is 0 Å². The summed E-state index contributed by atoms with van der Waals surface area (Å²) in [7, 11) is 0. The number of carbonyl (C=O) groups is 1. The summed E-state index contributed by atoms with van der Waals surface area (Å²) in [6.07, 6.45) is 5.72. The first-order valence-electron chi connectivity index (χ1n) is 6.97. The number of rotatable bonds is 7. The highest BCUT2D eigenvalue weighted by Gasteiger charge is 2.25.